The molecule has 3 nitrogen and oxygen atoms in total. The highest BCUT2D eigenvalue weighted by molar-refractivity contribution is 6.14. The summed E-state index contributed by atoms with van der Waals surface area (Å²) >= 11 is 0. The molecule has 10 aromatic carbocycles. The number of hydrogen-bond donors (Lipinski definition) is 0. The third kappa shape index (κ3) is 12.1. The van der Waals surface area contributed by atoms with Crippen molar-refractivity contribution >= 4 is 43.6 Å². The van der Waals surface area contributed by atoms with E-state index >= 15 is 0 Å². The maximum atomic E-state index is 14.9. The molecule has 0 saturated carbocycles. The lowest BCUT2D eigenvalue weighted by Gasteiger charge is -2.21. The molecule has 0 aliphatic heterocycles. The minimum atomic E-state index is -5.48. The maximum Gasteiger partial charge on any atom is 0.417 e. The zero-order valence-electron chi connectivity index (χ0n) is 48.2. The molecule has 0 bridgehead atoms. The van der Waals surface area contributed by atoms with Crippen molar-refractivity contribution in [2.75, 3.05) is 0 Å². The summed E-state index contributed by atoms with van der Waals surface area (Å²) in [4.78, 5) is 0. The van der Waals surface area contributed by atoms with Crippen molar-refractivity contribution < 1.29 is 105 Å². The summed E-state index contributed by atoms with van der Waals surface area (Å²) < 4.78 is 349. The van der Waals surface area contributed by atoms with E-state index in [4.69, 9.17) is 0 Å². The summed E-state index contributed by atoms with van der Waals surface area (Å²) in [6.07, 6.45) is -43.1. The average molecular weight is 1370 g/mol. The van der Waals surface area contributed by atoms with Crippen LogP contribution in [0.15, 0.2) is 182 Å². The van der Waals surface area contributed by atoms with Gasteiger partial charge >= 0.3 is 49.4 Å². The summed E-state index contributed by atoms with van der Waals surface area (Å²) in [5, 5.41) is 11.0. The predicted octanol–water partition coefficient (Wildman–Crippen LogP) is 24.5. The Hall–Kier alpha value is -10.4. The lowest BCUT2D eigenvalue weighted by Crippen LogP contribution is -2.12. The van der Waals surface area contributed by atoms with E-state index in [0.717, 1.165) is 72.8 Å². The molecular formula is C70H33F24N3. The number of aromatic nitrogens is 2. The van der Waals surface area contributed by atoms with E-state index in [9.17, 15) is 111 Å². The van der Waals surface area contributed by atoms with Crippen LogP contribution in [-0.4, -0.2) is 9.13 Å². The van der Waals surface area contributed by atoms with Gasteiger partial charge in [-0.3, -0.25) is 0 Å². The minimum Gasteiger partial charge on any atom is -0.308 e. The van der Waals surface area contributed by atoms with E-state index in [1.807, 2.05) is 0 Å². The van der Waals surface area contributed by atoms with Gasteiger partial charge in [-0.1, -0.05) is 84.4 Å². The molecule has 0 saturated heterocycles. The molecule has 0 N–H and O–H groups in total. The van der Waals surface area contributed by atoms with Crippen molar-refractivity contribution in [1.82, 2.24) is 9.13 Å². The lowest BCUT2D eigenvalue weighted by atomic mass is 9.94. The van der Waals surface area contributed by atoms with Gasteiger partial charge in [0, 0.05) is 27.1 Å². The van der Waals surface area contributed by atoms with Crippen molar-refractivity contribution in [3.8, 4) is 73.1 Å². The number of alkyl halides is 24. The van der Waals surface area contributed by atoms with Gasteiger partial charge in [0.15, 0.2) is 0 Å². The Labute approximate surface area is 528 Å². The number of nitriles is 1. The number of hydrogen-bond acceptors (Lipinski definition) is 1. The quantitative estimate of drug-likeness (QED) is 0.146. The summed E-state index contributed by atoms with van der Waals surface area (Å²) in [6.45, 7) is 1.66. The smallest absolute Gasteiger partial charge is 0.308 e. The first-order valence-corrected chi connectivity index (χ1v) is 28.0. The fourth-order valence-electron chi connectivity index (χ4n) is 12.2. The van der Waals surface area contributed by atoms with Crippen LogP contribution >= 0.6 is 0 Å². The Morgan fingerprint density at radius 2 is 0.557 bits per heavy atom. The Kier molecular flexibility index (Phi) is 15.5. The topological polar surface area (TPSA) is 33.6 Å². The Balaban J connectivity index is 1.20. The second-order valence-corrected chi connectivity index (χ2v) is 22.5. The van der Waals surface area contributed by atoms with Crippen LogP contribution in [0, 0.1) is 18.3 Å². The number of halogens is 24. The van der Waals surface area contributed by atoms with E-state index in [1.54, 1.807) is 31.2 Å². The van der Waals surface area contributed by atoms with E-state index in [2.05, 4.69) is 6.07 Å². The van der Waals surface area contributed by atoms with Crippen LogP contribution in [0.4, 0.5) is 105 Å². The normalized spacial score (nSPS) is 13.2. The molecule has 97 heavy (non-hydrogen) atoms. The Bertz CT molecular complexity index is 4980. The second kappa shape index (κ2) is 22.6. The predicted molar refractivity (Wildman–Crippen MR) is 312 cm³/mol. The fraction of sp³-hybridized carbons (Fsp3) is 0.129. The monoisotopic (exact) mass is 1370 g/mol. The molecule has 12 aromatic rings. The largest absolute Gasteiger partial charge is 0.417 e. The molecule has 0 atom stereocenters. The molecule has 27 heteroatoms. The first-order valence-electron chi connectivity index (χ1n) is 28.0. The van der Waals surface area contributed by atoms with Gasteiger partial charge in [0.1, 0.15) is 11.6 Å². The zero-order valence-corrected chi connectivity index (χ0v) is 48.2. The molecule has 0 fully saturated rings. The highest BCUT2D eigenvalue weighted by atomic mass is 19.4. The molecule has 12 rings (SSSR count). The third-order valence-corrected chi connectivity index (χ3v) is 16.4. The van der Waals surface area contributed by atoms with E-state index < -0.39 is 144 Å². The van der Waals surface area contributed by atoms with Gasteiger partial charge in [-0.15, -0.1) is 0 Å². The number of aryl methyl sites for hydroxylation is 1. The van der Waals surface area contributed by atoms with Crippen LogP contribution in [0.3, 0.4) is 0 Å². The summed E-state index contributed by atoms with van der Waals surface area (Å²) in [5.74, 6) is 0. The molecule has 2 aromatic heterocycles. The molecule has 2 heterocycles. The van der Waals surface area contributed by atoms with Crippen molar-refractivity contribution in [1.29, 1.82) is 5.26 Å². The van der Waals surface area contributed by atoms with E-state index in [1.165, 1.54) is 21.3 Å². The molecule has 0 aliphatic rings. The van der Waals surface area contributed by atoms with Gasteiger partial charge in [0.05, 0.1) is 77.9 Å². The van der Waals surface area contributed by atoms with Crippen LogP contribution in [-0.2, 0) is 49.4 Å². The lowest BCUT2D eigenvalue weighted by molar-refractivity contribution is -0.144. The SMILES string of the molecule is Cc1cccc(-c2ccc(-n3c4ccc(-c5ccc(C(F)(F)F)cc5C(F)(F)F)cc4c4cc(-c5ccc(C(F)(F)F)cc5C(F)(F)F)ccc43)c(C#N)c2-n2c3ccc(-c4ccc(C(F)(F)F)cc4C(F)(F)F)cc3c3cc(-c4ccc(C(F)(F)F)cc4C(F)(F)F)ccc32)c1. The summed E-state index contributed by atoms with van der Waals surface area (Å²) in [6, 6.07) is 27.1. The minimum absolute atomic E-state index is 0.106. The van der Waals surface area contributed by atoms with Gasteiger partial charge in [-0.2, -0.15) is 111 Å². The summed E-state index contributed by atoms with van der Waals surface area (Å²) in [7, 11) is 0. The molecule has 0 amide bonds. The van der Waals surface area contributed by atoms with Crippen LogP contribution in [0.25, 0.3) is 111 Å². The average Bonchev–Trinajstić information content (AvgIpc) is 1.57. The Morgan fingerprint density at radius 3 is 0.825 bits per heavy atom. The van der Waals surface area contributed by atoms with Crippen molar-refractivity contribution in [2.24, 2.45) is 0 Å². The highest BCUT2D eigenvalue weighted by Crippen LogP contribution is 2.51. The van der Waals surface area contributed by atoms with E-state index in [-0.39, 0.29) is 84.8 Å². The standard InChI is InChI=1S/C70H33F24N3/c1-33-3-2-4-34(23-33)47-17-22-61(96-57-18-5-35(43-13-9-39(63(71,72)73)28-53(43)67(83,84)85)24-48(57)49-25-36(6-19-58(49)96)44-14-10-40(64(74,75)76)29-54(44)68(86,87)88)52(32-95)62(47)97-59-20-7-37(45-15-11-41(65(77,78)79)30-55(45)69(89,90)91)26-50(59)51-27-38(8-21-60(51)97)46-16-12-42(66(80,81)82)31-56(46)70(92,93)94/h2-31H,1H3. The van der Waals surface area contributed by atoms with Gasteiger partial charge in [-0.05, 0) is 160 Å². The molecular weight excluding hydrogens is 1340 g/mol. The Morgan fingerprint density at radius 1 is 0.278 bits per heavy atom. The maximum absolute atomic E-state index is 14.9. The van der Waals surface area contributed by atoms with Crippen LogP contribution in [0.1, 0.15) is 55.6 Å². The van der Waals surface area contributed by atoms with Crippen molar-refractivity contribution in [3.63, 3.8) is 0 Å². The van der Waals surface area contributed by atoms with Crippen LogP contribution in [0.2, 0.25) is 0 Å². The zero-order chi connectivity index (χ0) is 70.4. The van der Waals surface area contributed by atoms with Crippen molar-refractivity contribution in [2.45, 2.75) is 56.3 Å². The van der Waals surface area contributed by atoms with Gasteiger partial charge in [0.25, 0.3) is 0 Å². The molecule has 0 aliphatic carbocycles. The van der Waals surface area contributed by atoms with Crippen LogP contribution in [0.5, 0.6) is 0 Å². The number of fused-ring (bicyclic) bond motifs is 6. The fourth-order valence-corrected chi connectivity index (χ4v) is 12.2. The number of rotatable bonds is 7. The van der Waals surface area contributed by atoms with Gasteiger partial charge in [0.2, 0.25) is 0 Å². The van der Waals surface area contributed by atoms with Crippen molar-refractivity contribution in [3.05, 3.63) is 238 Å². The molecule has 0 unspecified atom stereocenters. The van der Waals surface area contributed by atoms with Gasteiger partial charge in [-0.25, -0.2) is 0 Å². The molecule has 0 spiro atoms. The van der Waals surface area contributed by atoms with E-state index in [0.29, 0.717) is 59.7 Å². The molecule has 0 radical (unpaired) electrons. The highest BCUT2D eigenvalue weighted by Gasteiger charge is 2.43. The summed E-state index contributed by atoms with van der Waals surface area (Å²) in [5.41, 5.74) is -19.5. The first kappa shape index (κ1) is 66.6. The first-order chi connectivity index (χ1) is 45.0. The third-order valence-electron chi connectivity index (χ3n) is 16.4. The second-order valence-electron chi connectivity index (χ2n) is 22.5. The van der Waals surface area contributed by atoms with Gasteiger partial charge < -0.3 is 9.13 Å². The number of nitrogens with zero attached hydrogens (tertiary/aromatic N) is 3. The number of benzene rings is 10. The molecule has 496 valence electrons. The van der Waals surface area contributed by atoms with Crippen LogP contribution < -0.4 is 0 Å².